The first-order valence-electron chi connectivity index (χ1n) is 6.83. The molecule has 2 aromatic rings. The van der Waals surface area contributed by atoms with Crippen LogP contribution in [0.4, 0.5) is 0 Å². The molecule has 0 saturated heterocycles. The smallest absolute Gasteiger partial charge is 0.328 e. The van der Waals surface area contributed by atoms with Gasteiger partial charge in [-0.15, -0.1) is 0 Å². The topological polar surface area (TPSA) is 55.1 Å². The number of aromatic nitrogens is 2. The van der Waals surface area contributed by atoms with Crippen LogP contribution in [0.5, 0.6) is 0 Å². The maximum absolute atomic E-state index is 10.8. The molecule has 1 heterocycles. The lowest BCUT2D eigenvalue weighted by molar-refractivity contribution is -0.131. The van der Waals surface area contributed by atoms with Crippen molar-refractivity contribution in [3.05, 3.63) is 51.8 Å². The number of rotatable bonds is 5. The monoisotopic (exact) mass is 348 g/mol. The Bertz CT molecular complexity index is 690. The van der Waals surface area contributed by atoms with Crippen LogP contribution in [0.3, 0.4) is 0 Å². The Morgan fingerprint density at radius 3 is 2.71 bits per heavy atom. The molecule has 0 spiro atoms. The van der Waals surface area contributed by atoms with Gasteiger partial charge in [-0.05, 0) is 43.2 Å². The van der Waals surface area contributed by atoms with Gasteiger partial charge in [-0.3, -0.25) is 0 Å². The standard InChI is InChI=1S/C16H17BrN2O2/c1-3-13-10-14(4-2)19(18-13)15-7-6-12(17)9-11(15)5-8-16(20)21/h5-10H,3-4H2,1-2H3,(H,20,21)/b8-5+. The van der Waals surface area contributed by atoms with E-state index in [2.05, 4.69) is 40.9 Å². The molecule has 0 amide bonds. The van der Waals surface area contributed by atoms with E-state index >= 15 is 0 Å². The second-order valence-electron chi connectivity index (χ2n) is 4.62. The number of hydrogen-bond donors (Lipinski definition) is 1. The minimum absolute atomic E-state index is 0.812. The van der Waals surface area contributed by atoms with Crippen molar-refractivity contribution in [1.82, 2.24) is 9.78 Å². The third kappa shape index (κ3) is 3.61. The summed E-state index contributed by atoms with van der Waals surface area (Å²) in [5, 5.41) is 13.4. The van der Waals surface area contributed by atoms with Crippen LogP contribution in [-0.4, -0.2) is 20.9 Å². The molecule has 4 nitrogen and oxygen atoms in total. The van der Waals surface area contributed by atoms with Gasteiger partial charge in [-0.25, -0.2) is 9.48 Å². The largest absolute Gasteiger partial charge is 0.478 e. The van der Waals surface area contributed by atoms with E-state index in [1.54, 1.807) is 6.08 Å². The van der Waals surface area contributed by atoms with E-state index in [1.807, 2.05) is 22.9 Å². The number of hydrogen-bond acceptors (Lipinski definition) is 2. The van der Waals surface area contributed by atoms with Crippen molar-refractivity contribution in [2.45, 2.75) is 26.7 Å². The zero-order valence-electron chi connectivity index (χ0n) is 12.0. The summed E-state index contributed by atoms with van der Waals surface area (Å²) in [6.45, 7) is 4.15. The minimum Gasteiger partial charge on any atom is -0.478 e. The van der Waals surface area contributed by atoms with E-state index in [-0.39, 0.29) is 0 Å². The van der Waals surface area contributed by atoms with E-state index < -0.39 is 5.97 Å². The Balaban J connectivity index is 2.57. The maximum Gasteiger partial charge on any atom is 0.328 e. The van der Waals surface area contributed by atoms with Crippen molar-refractivity contribution in [1.29, 1.82) is 0 Å². The number of carboxylic acid groups (broad SMARTS) is 1. The normalized spacial score (nSPS) is 11.2. The van der Waals surface area contributed by atoms with Crippen LogP contribution in [0.25, 0.3) is 11.8 Å². The summed E-state index contributed by atoms with van der Waals surface area (Å²) in [5.74, 6) is -0.966. The van der Waals surface area contributed by atoms with E-state index in [0.29, 0.717) is 0 Å². The SMILES string of the molecule is CCc1cc(CC)n(-c2ccc(Br)cc2/C=C/C(=O)O)n1. The molecule has 0 unspecified atom stereocenters. The average molecular weight is 349 g/mol. The van der Waals surface area contributed by atoms with Gasteiger partial charge in [-0.2, -0.15) is 5.10 Å². The first-order valence-corrected chi connectivity index (χ1v) is 7.63. The molecule has 110 valence electrons. The predicted molar refractivity (Wildman–Crippen MR) is 86.7 cm³/mol. The molecular formula is C16H17BrN2O2. The van der Waals surface area contributed by atoms with Crippen LogP contribution in [0.15, 0.2) is 34.8 Å². The molecule has 2 rings (SSSR count). The van der Waals surface area contributed by atoms with Gasteiger partial charge in [-0.1, -0.05) is 29.8 Å². The van der Waals surface area contributed by atoms with Crippen molar-refractivity contribution in [2.24, 2.45) is 0 Å². The van der Waals surface area contributed by atoms with E-state index in [9.17, 15) is 4.79 Å². The summed E-state index contributed by atoms with van der Waals surface area (Å²) in [6, 6.07) is 7.85. The summed E-state index contributed by atoms with van der Waals surface area (Å²) >= 11 is 3.42. The van der Waals surface area contributed by atoms with Crippen LogP contribution in [-0.2, 0) is 17.6 Å². The fourth-order valence-corrected chi connectivity index (χ4v) is 2.50. The van der Waals surface area contributed by atoms with Crippen LogP contribution < -0.4 is 0 Å². The lowest BCUT2D eigenvalue weighted by Crippen LogP contribution is -2.04. The molecule has 0 aliphatic rings. The van der Waals surface area contributed by atoms with Crippen molar-refractivity contribution in [2.75, 3.05) is 0 Å². The molecule has 0 bridgehead atoms. The van der Waals surface area contributed by atoms with Gasteiger partial charge in [0.2, 0.25) is 0 Å². The van der Waals surface area contributed by atoms with E-state index in [1.165, 1.54) is 0 Å². The zero-order chi connectivity index (χ0) is 15.4. The third-order valence-electron chi connectivity index (χ3n) is 3.18. The summed E-state index contributed by atoms with van der Waals surface area (Å²) in [7, 11) is 0. The van der Waals surface area contributed by atoms with Gasteiger partial charge < -0.3 is 5.11 Å². The van der Waals surface area contributed by atoms with E-state index in [0.717, 1.165) is 46.0 Å². The van der Waals surface area contributed by atoms with Crippen molar-refractivity contribution in [3.8, 4) is 5.69 Å². The Hall–Kier alpha value is -1.88. The average Bonchev–Trinajstić information content (AvgIpc) is 2.88. The second-order valence-corrected chi connectivity index (χ2v) is 5.54. The van der Waals surface area contributed by atoms with Gasteiger partial charge in [0.15, 0.2) is 0 Å². The number of aryl methyl sites for hydroxylation is 2. The number of aliphatic carboxylic acids is 1. The number of halogens is 1. The number of benzene rings is 1. The highest BCUT2D eigenvalue weighted by atomic mass is 79.9. The molecule has 0 saturated carbocycles. The molecule has 0 radical (unpaired) electrons. The zero-order valence-corrected chi connectivity index (χ0v) is 13.6. The minimum atomic E-state index is -0.966. The van der Waals surface area contributed by atoms with Crippen molar-refractivity contribution in [3.63, 3.8) is 0 Å². The summed E-state index contributed by atoms with van der Waals surface area (Å²) in [5.41, 5.74) is 3.83. The highest BCUT2D eigenvalue weighted by Gasteiger charge is 2.10. The van der Waals surface area contributed by atoms with Crippen LogP contribution in [0, 0.1) is 0 Å². The van der Waals surface area contributed by atoms with Gasteiger partial charge in [0.1, 0.15) is 0 Å². The van der Waals surface area contributed by atoms with Gasteiger partial charge in [0.25, 0.3) is 0 Å². The number of carbonyl (C=O) groups is 1. The van der Waals surface area contributed by atoms with Gasteiger partial charge >= 0.3 is 5.97 Å². The first-order chi connectivity index (χ1) is 10.0. The maximum atomic E-state index is 10.8. The molecule has 0 atom stereocenters. The fourth-order valence-electron chi connectivity index (χ4n) is 2.12. The molecule has 1 aromatic carbocycles. The van der Waals surface area contributed by atoms with Crippen LogP contribution in [0.1, 0.15) is 30.8 Å². The van der Waals surface area contributed by atoms with Crippen molar-refractivity contribution >= 4 is 28.0 Å². The lowest BCUT2D eigenvalue weighted by Gasteiger charge is -2.10. The van der Waals surface area contributed by atoms with Crippen LogP contribution in [0.2, 0.25) is 0 Å². The summed E-state index contributed by atoms with van der Waals surface area (Å²) < 4.78 is 2.80. The van der Waals surface area contributed by atoms with Crippen LogP contribution >= 0.6 is 15.9 Å². The van der Waals surface area contributed by atoms with Crippen molar-refractivity contribution < 1.29 is 9.90 Å². The van der Waals surface area contributed by atoms with Gasteiger partial charge in [0.05, 0.1) is 11.4 Å². The number of nitrogens with zero attached hydrogens (tertiary/aromatic N) is 2. The highest BCUT2D eigenvalue weighted by molar-refractivity contribution is 9.10. The van der Waals surface area contributed by atoms with Gasteiger partial charge in [0, 0.05) is 21.8 Å². The molecule has 21 heavy (non-hydrogen) atoms. The Labute approximate surface area is 132 Å². The Morgan fingerprint density at radius 1 is 1.33 bits per heavy atom. The predicted octanol–water partition coefficient (Wildman–Crippen LogP) is 3.86. The third-order valence-corrected chi connectivity index (χ3v) is 3.67. The molecule has 5 heteroatoms. The second kappa shape index (κ2) is 6.72. The summed E-state index contributed by atoms with van der Waals surface area (Å²) in [4.78, 5) is 10.8. The Kier molecular flexibility index (Phi) is 4.96. The summed E-state index contributed by atoms with van der Waals surface area (Å²) in [6.07, 6.45) is 4.47. The molecule has 1 aromatic heterocycles. The molecule has 0 fully saturated rings. The quantitative estimate of drug-likeness (QED) is 0.834. The number of carboxylic acids is 1. The fraction of sp³-hybridized carbons (Fsp3) is 0.250. The molecule has 0 aliphatic carbocycles. The highest BCUT2D eigenvalue weighted by Crippen LogP contribution is 2.23. The van der Waals surface area contributed by atoms with E-state index in [4.69, 9.17) is 5.11 Å². The molecule has 1 N–H and O–H groups in total. The lowest BCUT2D eigenvalue weighted by atomic mass is 10.1. The Morgan fingerprint density at radius 2 is 2.10 bits per heavy atom. The molecular weight excluding hydrogens is 332 g/mol. The molecule has 0 aliphatic heterocycles. The first kappa shape index (κ1) is 15.5.